The molecular weight excluding hydrogens is 410 g/mol. The fourth-order valence-corrected chi connectivity index (χ4v) is 4.25. The van der Waals surface area contributed by atoms with Crippen LogP contribution in [0.2, 0.25) is 0 Å². The Kier molecular flexibility index (Phi) is 6.81. The number of amides is 1. The molecule has 0 unspecified atom stereocenters. The zero-order valence-electron chi connectivity index (χ0n) is 20.0. The van der Waals surface area contributed by atoms with E-state index in [0.29, 0.717) is 6.54 Å². The van der Waals surface area contributed by atoms with Crippen molar-refractivity contribution in [1.82, 2.24) is 24.1 Å². The van der Waals surface area contributed by atoms with E-state index in [0.717, 1.165) is 35.2 Å². The molecule has 1 amide bonds. The van der Waals surface area contributed by atoms with Gasteiger partial charge >= 0.3 is 6.09 Å². The van der Waals surface area contributed by atoms with Gasteiger partial charge in [-0.15, -0.1) is 0 Å². The molecule has 1 aliphatic heterocycles. The summed E-state index contributed by atoms with van der Waals surface area (Å²) < 4.78 is 11.2. The quantitative estimate of drug-likeness (QED) is 0.518. The van der Waals surface area contributed by atoms with Gasteiger partial charge in [0.05, 0.1) is 17.6 Å². The monoisotopic (exact) mass is 447 g/mol. The van der Waals surface area contributed by atoms with Gasteiger partial charge in [0, 0.05) is 43.2 Å². The molecule has 0 radical (unpaired) electrons. The number of carbonyl (C=O) groups is 1. The Morgan fingerprint density at radius 2 is 2.06 bits per heavy atom. The minimum Gasteiger partial charge on any atom is -0.444 e. The summed E-state index contributed by atoms with van der Waals surface area (Å²) in [6.45, 7) is 18.3. The van der Waals surface area contributed by atoms with E-state index >= 15 is 0 Å². The number of imidazole rings is 1. The van der Waals surface area contributed by atoms with Gasteiger partial charge in [-0.3, -0.25) is 4.72 Å². The molecule has 1 aromatic rings. The van der Waals surface area contributed by atoms with E-state index in [1.807, 2.05) is 45.8 Å². The lowest BCUT2D eigenvalue weighted by atomic mass is 10.1. The number of rotatable bonds is 6. The highest BCUT2D eigenvalue weighted by atomic mass is 32.2. The van der Waals surface area contributed by atoms with Gasteiger partial charge in [-0.25, -0.2) is 9.78 Å². The van der Waals surface area contributed by atoms with E-state index < -0.39 is 5.60 Å². The van der Waals surface area contributed by atoms with Crippen LogP contribution in [0.25, 0.3) is 5.70 Å². The van der Waals surface area contributed by atoms with E-state index in [-0.39, 0.29) is 17.7 Å². The second-order valence-electron chi connectivity index (χ2n) is 9.98. The molecule has 1 atom stereocenters. The molecule has 1 aliphatic carbocycles. The molecule has 8 heteroatoms. The molecule has 2 heterocycles. The summed E-state index contributed by atoms with van der Waals surface area (Å²) in [6, 6.07) is 0.0331. The number of carbonyl (C=O) groups excluding carboxylic acids is 1. The molecule has 2 aliphatic rings. The number of allylic oxidation sites excluding steroid dienone is 1. The Hall–Kier alpha value is -1.93. The zero-order valence-corrected chi connectivity index (χ0v) is 20.8. The fraction of sp³-hybridized carbons (Fsp3) is 0.652. The highest BCUT2D eigenvalue weighted by Gasteiger charge is 2.37. The number of hydrogen-bond acceptors (Lipinski definition) is 6. The van der Waals surface area contributed by atoms with Crippen LogP contribution >= 0.6 is 11.9 Å². The Balaban J connectivity index is 1.77. The Morgan fingerprint density at radius 1 is 1.39 bits per heavy atom. The summed E-state index contributed by atoms with van der Waals surface area (Å²) >= 11 is 1.60. The molecule has 1 saturated heterocycles. The molecule has 0 aromatic carbocycles. The highest BCUT2D eigenvalue weighted by molar-refractivity contribution is 8.01. The van der Waals surface area contributed by atoms with Crippen molar-refractivity contribution in [2.75, 3.05) is 19.6 Å². The first-order chi connectivity index (χ1) is 14.4. The highest BCUT2D eigenvalue weighted by Crippen LogP contribution is 2.38. The molecule has 31 heavy (non-hydrogen) atoms. The molecule has 0 bridgehead atoms. The first kappa shape index (κ1) is 23.7. The number of aryl methyl sites for hydroxylation is 1. The summed E-state index contributed by atoms with van der Waals surface area (Å²) in [6.07, 6.45) is 6.21. The molecule has 2 fully saturated rings. The third kappa shape index (κ3) is 6.07. The third-order valence-corrected chi connectivity index (χ3v) is 6.78. The molecule has 1 N–H and O–H groups in total. The van der Waals surface area contributed by atoms with Gasteiger partial charge in [0.1, 0.15) is 11.4 Å². The predicted octanol–water partition coefficient (Wildman–Crippen LogP) is 4.31. The molecule has 7 nitrogen and oxygen atoms in total. The summed E-state index contributed by atoms with van der Waals surface area (Å²) in [4.78, 5) is 22.2. The van der Waals surface area contributed by atoms with Gasteiger partial charge in [0.25, 0.3) is 0 Å². The first-order valence-corrected chi connectivity index (χ1v) is 11.8. The van der Waals surface area contributed by atoms with Crippen molar-refractivity contribution in [2.24, 2.45) is 7.05 Å². The number of hydrogen-bond donors (Lipinski definition) is 1. The van der Waals surface area contributed by atoms with Crippen molar-refractivity contribution in [1.29, 1.82) is 0 Å². The van der Waals surface area contributed by atoms with Gasteiger partial charge in [-0.1, -0.05) is 6.58 Å². The van der Waals surface area contributed by atoms with E-state index in [9.17, 15) is 4.79 Å². The number of aromatic nitrogens is 2. The van der Waals surface area contributed by atoms with Crippen LogP contribution in [-0.4, -0.2) is 62.3 Å². The minimum atomic E-state index is -0.495. The summed E-state index contributed by atoms with van der Waals surface area (Å²) in [5.74, 6) is 0.961. The summed E-state index contributed by atoms with van der Waals surface area (Å²) in [5.41, 5.74) is 1.87. The number of nitrogens with zero attached hydrogens (tertiary/aromatic N) is 4. The van der Waals surface area contributed by atoms with Crippen molar-refractivity contribution in [2.45, 2.75) is 71.6 Å². The minimum absolute atomic E-state index is 0.0331. The van der Waals surface area contributed by atoms with Crippen molar-refractivity contribution < 1.29 is 9.53 Å². The first-order valence-electron chi connectivity index (χ1n) is 11.0. The SMILES string of the molecule is C=C(/C=C(\c1cnc(C)n1C)N1CCN(C(=O)OC(C)(C)C)[C@@H](C)C1)SNC1(C)CC1. The lowest BCUT2D eigenvalue weighted by Crippen LogP contribution is -2.54. The predicted molar refractivity (Wildman–Crippen MR) is 127 cm³/mol. The Bertz CT molecular complexity index is 866. The van der Waals surface area contributed by atoms with Crippen LogP contribution in [0, 0.1) is 6.92 Å². The summed E-state index contributed by atoms with van der Waals surface area (Å²) in [5, 5.41) is 0. The maximum absolute atomic E-state index is 12.6. The van der Waals surface area contributed by atoms with E-state index in [1.165, 1.54) is 12.8 Å². The maximum Gasteiger partial charge on any atom is 0.410 e. The van der Waals surface area contributed by atoms with Gasteiger partial charge in [-0.2, -0.15) is 0 Å². The molecule has 3 rings (SSSR count). The average Bonchev–Trinajstić information content (AvgIpc) is 3.32. The van der Waals surface area contributed by atoms with Crippen LogP contribution in [0.5, 0.6) is 0 Å². The van der Waals surface area contributed by atoms with Crippen LogP contribution in [0.15, 0.2) is 23.8 Å². The Morgan fingerprint density at radius 3 is 2.58 bits per heavy atom. The summed E-state index contributed by atoms with van der Waals surface area (Å²) in [7, 11) is 2.03. The third-order valence-electron chi connectivity index (χ3n) is 5.81. The second-order valence-corrected chi connectivity index (χ2v) is 10.9. The Labute approximate surface area is 191 Å². The molecule has 1 aromatic heterocycles. The number of piperazine rings is 1. The average molecular weight is 448 g/mol. The van der Waals surface area contributed by atoms with E-state index in [4.69, 9.17) is 4.74 Å². The lowest BCUT2D eigenvalue weighted by molar-refractivity contribution is 0.00695. The lowest BCUT2D eigenvalue weighted by Gasteiger charge is -2.42. The van der Waals surface area contributed by atoms with Crippen molar-refractivity contribution in [3.8, 4) is 0 Å². The van der Waals surface area contributed by atoms with Crippen molar-refractivity contribution in [3.05, 3.63) is 35.3 Å². The normalized spacial score (nSPS) is 21.3. The van der Waals surface area contributed by atoms with Crippen LogP contribution < -0.4 is 4.72 Å². The van der Waals surface area contributed by atoms with Crippen LogP contribution in [0.3, 0.4) is 0 Å². The van der Waals surface area contributed by atoms with Gasteiger partial charge in [0.2, 0.25) is 0 Å². The zero-order chi connectivity index (χ0) is 23.0. The van der Waals surface area contributed by atoms with Crippen molar-refractivity contribution >= 4 is 23.7 Å². The van der Waals surface area contributed by atoms with Crippen LogP contribution in [0.4, 0.5) is 4.79 Å². The van der Waals surface area contributed by atoms with E-state index in [2.05, 4.69) is 45.7 Å². The van der Waals surface area contributed by atoms with Crippen LogP contribution in [0.1, 0.15) is 59.0 Å². The van der Waals surface area contributed by atoms with Gasteiger partial charge in [0.15, 0.2) is 0 Å². The van der Waals surface area contributed by atoms with Gasteiger partial charge < -0.3 is 19.1 Å². The fourth-order valence-electron chi connectivity index (χ4n) is 3.50. The number of ether oxygens (including phenoxy) is 1. The molecule has 172 valence electrons. The topological polar surface area (TPSA) is 62.6 Å². The van der Waals surface area contributed by atoms with E-state index in [1.54, 1.807) is 11.9 Å². The largest absolute Gasteiger partial charge is 0.444 e. The molecule has 0 spiro atoms. The smallest absolute Gasteiger partial charge is 0.410 e. The second kappa shape index (κ2) is 8.90. The maximum atomic E-state index is 12.6. The van der Waals surface area contributed by atoms with Crippen LogP contribution in [-0.2, 0) is 11.8 Å². The molecular formula is C23H37N5O2S. The number of nitrogens with one attached hydrogen (secondary N) is 1. The standard InChI is InChI=1S/C23H37N5O2S/c1-16-15-27(11-12-28(16)21(29)30-22(4,5)6)19(20-14-24-18(3)26(20)8)13-17(2)31-25-23(7)9-10-23/h13-14,16,25H,2,9-12,15H2,1,3-8H3/b19-13+/t16-/m0/s1. The van der Waals surface area contributed by atoms with Gasteiger partial charge in [-0.05, 0) is 72.4 Å². The van der Waals surface area contributed by atoms with Crippen molar-refractivity contribution in [3.63, 3.8) is 0 Å². The molecule has 1 saturated carbocycles.